The summed E-state index contributed by atoms with van der Waals surface area (Å²) in [5.41, 5.74) is 0.986. The first kappa shape index (κ1) is 11.6. The van der Waals surface area contributed by atoms with Gasteiger partial charge in [-0.1, -0.05) is 0 Å². The van der Waals surface area contributed by atoms with Crippen molar-refractivity contribution in [2.45, 2.75) is 20.8 Å². The summed E-state index contributed by atoms with van der Waals surface area (Å²) in [6.07, 6.45) is 0. The fourth-order valence-corrected chi connectivity index (χ4v) is 3.36. The second-order valence-electron chi connectivity index (χ2n) is 4.06. The maximum absolute atomic E-state index is 5.81. The summed E-state index contributed by atoms with van der Waals surface area (Å²) in [6, 6.07) is 5.98. The molecule has 0 unspecified atom stereocenters. The Morgan fingerprint density at radius 1 is 1.00 bits per heavy atom. The summed E-state index contributed by atoms with van der Waals surface area (Å²) < 4.78 is 7.00. The van der Waals surface area contributed by atoms with Crippen molar-refractivity contribution in [3.8, 4) is 11.6 Å². The smallest absolute Gasteiger partial charge is 0.233 e. The molecule has 5 heteroatoms. The minimum Gasteiger partial charge on any atom is -0.438 e. The molecule has 0 amide bonds. The molecule has 0 spiro atoms. The van der Waals surface area contributed by atoms with E-state index in [9.17, 15) is 0 Å². The third kappa shape index (κ3) is 2.11. The predicted octanol–water partition coefficient (Wildman–Crippen LogP) is 4.47. The Morgan fingerprint density at radius 3 is 2.50 bits per heavy atom. The molecule has 0 N–H and O–H groups in total. The average Bonchev–Trinajstić information content (AvgIpc) is 2.80. The van der Waals surface area contributed by atoms with Crippen molar-refractivity contribution in [1.29, 1.82) is 0 Å². The van der Waals surface area contributed by atoms with Crippen LogP contribution in [0.5, 0.6) is 11.6 Å². The molecular weight excluding hydrogens is 264 g/mol. The van der Waals surface area contributed by atoms with Crippen LogP contribution in [-0.2, 0) is 0 Å². The van der Waals surface area contributed by atoms with E-state index in [0.29, 0.717) is 5.88 Å². The maximum atomic E-state index is 5.81. The summed E-state index contributed by atoms with van der Waals surface area (Å²) in [6.45, 7) is 6.02. The topological polar surface area (TPSA) is 35.0 Å². The van der Waals surface area contributed by atoms with Crippen molar-refractivity contribution in [2.75, 3.05) is 0 Å². The number of aryl methyl sites for hydroxylation is 3. The number of ether oxygens (including phenoxy) is 1. The normalized spacial score (nSPS) is 11.1. The Labute approximate surface area is 113 Å². The number of thiazole rings is 2. The van der Waals surface area contributed by atoms with E-state index >= 15 is 0 Å². The Morgan fingerprint density at radius 2 is 1.78 bits per heavy atom. The maximum Gasteiger partial charge on any atom is 0.233 e. The van der Waals surface area contributed by atoms with E-state index in [0.717, 1.165) is 26.2 Å². The van der Waals surface area contributed by atoms with Gasteiger partial charge in [-0.15, -0.1) is 22.7 Å². The Hall–Kier alpha value is -1.46. The molecule has 0 atom stereocenters. The molecule has 92 valence electrons. The van der Waals surface area contributed by atoms with Gasteiger partial charge >= 0.3 is 0 Å². The molecule has 0 bridgehead atoms. The molecule has 0 radical (unpaired) electrons. The number of hydrogen-bond acceptors (Lipinski definition) is 5. The van der Waals surface area contributed by atoms with Gasteiger partial charge in [0, 0.05) is 6.07 Å². The zero-order valence-electron chi connectivity index (χ0n) is 10.4. The van der Waals surface area contributed by atoms with Gasteiger partial charge in [0.15, 0.2) is 0 Å². The van der Waals surface area contributed by atoms with E-state index in [4.69, 9.17) is 4.74 Å². The highest BCUT2D eigenvalue weighted by molar-refractivity contribution is 7.18. The minimum atomic E-state index is 0.698. The van der Waals surface area contributed by atoms with Gasteiger partial charge in [-0.25, -0.2) is 9.97 Å². The lowest BCUT2D eigenvalue weighted by atomic mass is 10.3. The molecule has 0 aliphatic carbocycles. The molecule has 2 heterocycles. The molecule has 0 aliphatic rings. The molecule has 1 aromatic carbocycles. The molecule has 3 aromatic rings. The van der Waals surface area contributed by atoms with Gasteiger partial charge in [0.05, 0.1) is 25.1 Å². The van der Waals surface area contributed by atoms with Gasteiger partial charge in [-0.2, -0.15) is 0 Å². The zero-order chi connectivity index (χ0) is 12.7. The molecule has 0 aliphatic heterocycles. The number of rotatable bonds is 2. The van der Waals surface area contributed by atoms with Crippen LogP contribution in [0.4, 0.5) is 0 Å². The van der Waals surface area contributed by atoms with Gasteiger partial charge < -0.3 is 4.74 Å². The van der Waals surface area contributed by atoms with Gasteiger partial charge in [0.2, 0.25) is 5.88 Å². The quantitative estimate of drug-likeness (QED) is 0.692. The molecule has 0 fully saturated rings. The fraction of sp³-hybridized carbons (Fsp3) is 0.231. The summed E-state index contributed by atoms with van der Waals surface area (Å²) >= 11 is 3.34. The summed E-state index contributed by atoms with van der Waals surface area (Å²) in [5, 5.41) is 2.09. The van der Waals surface area contributed by atoms with Gasteiger partial charge in [0.1, 0.15) is 5.75 Å². The van der Waals surface area contributed by atoms with Gasteiger partial charge in [-0.05, 0) is 32.9 Å². The Bertz CT molecular complexity index is 715. The third-order valence-corrected chi connectivity index (χ3v) is 4.36. The molecule has 3 rings (SSSR count). The first-order chi connectivity index (χ1) is 8.61. The standard InChI is InChI=1S/C13H12N2OS2/c1-7-13(15-9(3)17-7)16-10-4-5-12-11(6-10)14-8(2)18-12/h4-6H,1-3H3. The molecule has 2 aromatic heterocycles. The van der Waals surface area contributed by atoms with Crippen LogP contribution >= 0.6 is 22.7 Å². The number of hydrogen-bond donors (Lipinski definition) is 0. The third-order valence-electron chi connectivity index (χ3n) is 2.54. The van der Waals surface area contributed by atoms with Crippen molar-refractivity contribution in [2.24, 2.45) is 0 Å². The van der Waals surface area contributed by atoms with E-state index in [1.807, 2.05) is 39.0 Å². The first-order valence-corrected chi connectivity index (χ1v) is 7.24. The van der Waals surface area contributed by atoms with Gasteiger partial charge in [-0.3, -0.25) is 0 Å². The van der Waals surface area contributed by atoms with Crippen LogP contribution in [0.3, 0.4) is 0 Å². The monoisotopic (exact) mass is 276 g/mol. The summed E-state index contributed by atoms with van der Waals surface area (Å²) in [4.78, 5) is 9.93. The van der Waals surface area contributed by atoms with Crippen molar-refractivity contribution in [3.05, 3.63) is 33.1 Å². The number of nitrogens with zero attached hydrogens (tertiary/aromatic N) is 2. The van der Waals surface area contributed by atoms with Crippen LogP contribution in [-0.4, -0.2) is 9.97 Å². The lowest BCUT2D eigenvalue weighted by Gasteiger charge is -2.02. The SMILES string of the molecule is Cc1nc(Oc2ccc3sc(C)nc3c2)c(C)s1. The van der Waals surface area contributed by atoms with Crippen LogP contribution in [0.2, 0.25) is 0 Å². The largest absolute Gasteiger partial charge is 0.438 e. The number of aromatic nitrogens is 2. The molecule has 3 nitrogen and oxygen atoms in total. The van der Waals surface area contributed by atoms with Crippen LogP contribution < -0.4 is 4.74 Å². The summed E-state index contributed by atoms with van der Waals surface area (Å²) in [7, 11) is 0. The van der Waals surface area contributed by atoms with Crippen LogP contribution in [0.1, 0.15) is 14.9 Å². The highest BCUT2D eigenvalue weighted by atomic mass is 32.1. The van der Waals surface area contributed by atoms with E-state index in [1.165, 1.54) is 4.70 Å². The Kier molecular flexibility index (Phi) is 2.80. The van der Waals surface area contributed by atoms with Crippen molar-refractivity contribution < 1.29 is 4.74 Å². The Balaban J connectivity index is 1.97. The summed E-state index contributed by atoms with van der Waals surface area (Å²) in [5.74, 6) is 1.49. The van der Waals surface area contributed by atoms with E-state index in [-0.39, 0.29) is 0 Å². The second kappa shape index (κ2) is 4.33. The number of benzene rings is 1. The van der Waals surface area contributed by atoms with Crippen LogP contribution in [0.25, 0.3) is 10.2 Å². The average molecular weight is 276 g/mol. The van der Waals surface area contributed by atoms with Crippen LogP contribution in [0, 0.1) is 20.8 Å². The highest BCUT2D eigenvalue weighted by Gasteiger charge is 2.08. The highest BCUT2D eigenvalue weighted by Crippen LogP contribution is 2.31. The fourth-order valence-electron chi connectivity index (χ4n) is 1.80. The second-order valence-corrected chi connectivity index (χ2v) is 6.70. The predicted molar refractivity (Wildman–Crippen MR) is 76.0 cm³/mol. The number of fused-ring (bicyclic) bond motifs is 1. The van der Waals surface area contributed by atoms with Crippen molar-refractivity contribution in [1.82, 2.24) is 9.97 Å². The first-order valence-electron chi connectivity index (χ1n) is 5.61. The minimum absolute atomic E-state index is 0.698. The van der Waals surface area contributed by atoms with Gasteiger partial charge in [0.25, 0.3) is 0 Å². The molecule has 18 heavy (non-hydrogen) atoms. The lowest BCUT2D eigenvalue weighted by Crippen LogP contribution is -1.86. The zero-order valence-corrected chi connectivity index (χ0v) is 12.0. The molecule has 0 saturated heterocycles. The van der Waals surface area contributed by atoms with E-state index in [1.54, 1.807) is 22.7 Å². The van der Waals surface area contributed by atoms with E-state index < -0.39 is 0 Å². The molecule has 0 saturated carbocycles. The van der Waals surface area contributed by atoms with Crippen molar-refractivity contribution >= 4 is 32.9 Å². The van der Waals surface area contributed by atoms with E-state index in [2.05, 4.69) is 9.97 Å². The molecular formula is C13H12N2OS2. The van der Waals surface area contributed by atoms with Crippen molar-refractivity contribution in [3.63, 3.8) is 0 Å². The van der Waals surface area contributed by atoms with Crippen LogP contribution in [0.15, 0.2) is 18.2 Å². The lowest BCUT2D eigenvalue weighted by molar-refractivity contribution is 0.463.